The van der Waals surface area contributed by atoms with Gasteiger partial charge in [0.05, 0.1) is 11.1 Å². The highest BCUT2D eigenvalue weighted by atomic mass is 19.4. The molecule has 0 aliphatic carbocycles. The summed E-state index contributed by atoms with van der Waals surface area (Å²) in [5, 5.41) is 7.57. The van der Waals surface area contributed by atoms with Gasteiger partial charge in [0.2, 0.25) is 5.88 Å². The Balaban J connectivity index is 2.61. The summed E-state index contributed by atoms with van der Waals surface area (Å²) in [6.45, 7) is 2.55. The van der Waals surface area contributed by atoms with Gasteiger partial charge in [-0.05, 0) is 25.5 Å². The van der Waals surface area contributed by atoms with Gasteiger partial charge in [0.15, 0.2) is 6.17 Å². The first-order chi connectivity index (χ1) is 16.0. The SMILES string of the molecule is CCCC(=O)OC(=N)OC1=CC(C(F)(F)F)=NC(c2ccc(C(F)(F)F)cc2C(F)(F)F)N1CC. The van der Waals surface area contributed by atoms with Crippen molar-refractivity contribution in [2.75, 3.05) is 6.54 Å². The van der Waals surface area contributed by atoms with Gasteiger partial charge < -0.3 is 14.4 Å². The molecule has 0 saturated carbocycles. The predicted molar refractivity (Wildman–Crippen MR) is 103 cm³/mol. The molecule has 1 heterocycles. The Kier molecular flexibility index (Phi) is 8.12. The molecule has 0 fully saturated rings. The fraction of sp³-hybridized carbons (Fsp3) is 0.450. The van der Waals surface area contributed by atoms with E-state index in [2.05, 4.69) is 9.73 Å². The molecule has 1 aromatic rings. The predicted octanol–water partition coefficient (Wildman–Crippen LogP) is 6.20. The highest BCUT2D eigenvalue weighted by molar-refractivity contribution is 6.00. The molecule has 1 unspecified atom stereocenters. The van der Waals surface area contributed by atoms with E-state index in [1.165, 1.54) is 6.92 Å². The third kappa shape index (κ3) is 6.88. The van der Waals surface area contributed by atoms with Gasteiger partial charge in [0.1, 0.15) is 5.71 Å². The van der Waals surface area contributed by atoms with E-state index in [0.717, 1.165) is 4.90 Å². The van der Waals surface area contributed by atoms with E-state index in [1.54, 1.807) is 6.92 Å². The maximum Gasteiger partial charge on any atom is 0.433 e. The van der Waals surface area contributed by atoms with Gasteiger partial charge in [-0.25, -0.2) is 5.41 Å². The quantitative estimate of drug-likeness (QED) is 0.218. The summed E-state index contributed by atoms with van der Waals surface area (Å²) < 4.78 is 130. The largest absolute Gasteiger partial charge is 0.433 e. The van der Waals surface area contributed by atoms with Crippen LogP contribution in [0.5, 0.6) is 0 Å². The van der Waals surface area contributed by atoms with E-state index in [9.17, 15) is 44.3 Å². The maximum absolute atomic E-state index is 13.7. The minimum absolute atomic E-state index is 0.152. The summed E-state index contributed by atoms with van der Waals surface area (Å²) in [4.78, 5) is 15.6. The van der Waals surface area contributed by atoms with Crippen molar-refractivity contribution in [1.29, 1.82) is 5.41 Å². The fourth-order valence-electron chi connectivity index (χ4n) is 3.05. The smallest absolute Gasteiger partial charge is 0.394 e. The number of carbonyl (C=O) groups excluding carboxylic acids is 1. The minimum Gasteiger partial charge on any atom is -0.394 e. The molecule has 0 bridgehead atoms. The van der Waals surface area contributed by atoms with Crippen LogP contribution in [-0.2, 0) is 26.6 Å². The average Bonchev–Trinajstić information content (AvgIpc) is 2.70. The van der Waals surface area contributed by atoms with Gasteiger partial charge in [-0.2, -0.15) is 39.5 Å². The molecule has 0 saturated heterocycles. The average molecular weight is 519 g/mol. The van der Waals surface area contributed by atoms with E-state index in [4.69, 9.17) is 10.1 Å². The van der Waals surface area contributed by atoms with Crippen molar-refractivity contribution in [2.24, 2.45) is 4.99 Å². The van der Waals surface area contributed by atoms with E-state index >= 15 is 0 Å². The van der Waals surface area contributed by atoms with Crippen LogP contribution in [0, 0.1) is 5.41 Å². The topological polar surface area (TPSA) is 75.0 Å². The molecule has 35 heavy (non-hydrogen) atoms. The molecule has 15 heteroatoms. The zero-order valence-electron chi connectivity index (χ0n) is 18.0. The molecular weight excluding hydrogens is 501 g/mol. The van der Waals surface area contributed by atoms with E-state index < -0.39 is 65.0 Å². The van der Waals surface area contributed by atoms with Crippen LogP contribution in [0.25, 0.3) is 0 Å². The van der Waals surface area contributed by atoms with Crippen molar-refractivity contribution in [2.45, 2.75) is 51.4 Å². The highest BCUT2D eigenvalue weighted by Gasteiger charge is 2.44. The van der Waals surface area contributed by atoms with Crippen LogP contribution in [0.15, 0.2) is 35.2 Å². The number of nitrogens with one attached hydrogen (secondary N) is 1. The first kappa shape index (κ1) is 28.0. The molecule has 6 nitrogen and oxygen atoms in total. The lowest BCUT2D eigenvalue weighted by Gasteiger charge is -2.35. The fourth-order valence-corrected chi connectivity index (χ4v) is 3.05. The minimum atomic E-state index is -5.38. The van der Waals surface area contributed by atoms with Crippen molar-refractivity contribution < 1.29 is 53.8 Å². The zero-order chi connectivity index (χ0) is 26.8. The van der Waals surface area contributed by atoms with Crippen molar-refractivity contribution in [3.63, 3.8) is 0 Å². The zero-order valence-corrected chi connectivity index (χ0v) is 18.0. The molecule has 194 valence electrons. The summed E-state index contributed by atoms with van der Waals surface area (Å²) in [7, 11) is 0. The Morgan fingerprint density at radius 2 is 1.66 bits per heavy atom. The first-order valence-electron chi connectivity index (χ1n) is 9.87. The van der Waals surface area contributed by atoms with Crippen LogP contribution in [-0.4, -0.2) is 35.4 Å². The van der Waals surface area contributed by atoms with Gasteiger partial charge in [0, 0.05) is 24.6 Å². The molecule has 0 amide bonds. The number of halogens is 9. The third-order valence-electron chi connectivity index (χ3n) is 4.55. The number of ether oxygens (including phenoxy) is 2. The van der Waals surface area contributed by atoms with Crippen LogP contribution < -0.4 is 0 Å². The van der Waals surface area contributed by atoms with E-state index in [1.807, 2.05) is 0 Å². The monoisotopic (exact) mass is 519 g/mol. The molecule has 1 aliphatic rings. The Bertz CT molecular complexity index is 1030. The van der Waals surface area contributed by atoms with Gasteiger partial charge in [-0.15, -0.1) is 0 Å². The lowest BCUT2D eigenvalue weighted by molar-refractivity contribution is -0.144. The molecule has 0 aromatic heterocycles. The van der Waals surface area contributed by atoms with Crippen molar-refractivity contribution in [3.8, 4) is 0 Å². The number of alkyl halides is 9. The van der Waals surface area contributed by atoms with Crippen molar-refractivity contribution in [3.05, 3.63) is 46.8 Å². The third-order valence-corrected chi connectivity index (χ3v) is 4.55. The molecule has 1 aliphatic heterocycles. The molecular formula is C20H18F9N3O3. The Morgan fingerprint density at radius 3 is 2.14 bits per heavy atom. The molecule has 2 rings (SSSR count). The van der Waals surface area contributed by atoms with Gasteiger partial charge in [-0.3, -0.25) is 9.79 Å². The summed E-state index contributed by atoms with van der Waals surface area (Å²) in [5.41, 5.74) is -6.25. The molecule has 1 atom stereocenters. The molecule has 0 radical (unpaired) electrons. The second-order valence-corrected chi connectivity index (χ2v) is 7.07. The number of nitrogens with zero attached hydrogens (tertiary/aromatic N) is 2. The van der Waals surface area contributed by atoms with Crippen LogP contribution in [0.3, 0.4) is 0 Å². The Labute approximate surface area is 192 Å². The number of aliphatic imine (C=N–C) groups is 1. The van der Waals surface area contributed by atoms with Crippen LogP contribution in [0.2, 0.25) is 0 Å². The van der Waals surface area contributed by atoms with E-state index in [-0.39, 0.29) is 31.2 Å². The van der Waals surface area contributed by atoms with Crippen LogP contribution >= 0.6 is 0 Å². The van der Waals surface area contributed by atoms with Crippen LogP contribution in [0.4, 0.5) is 39.5 Å². The maximum atomic E-state index is 13.7. The Hall–Kier alpha value is -3.26. The number of hydrogen-bond donors (Lipinski definition) is 1. The summed E-state index contributed by atoms with van der Waals surface area (Å²) in [5.74, 6) is -1.79. The lowest BCUT2D eigenvalue weighted by Crippen LogP contribution is -2.38. The number of carbonyl (C=O) groups is 1. The number of hydrogen-bond acceptors (Lipinski definition) is 6. The summed E-state index contributed by atoms with van der Waals surface area (Å²) >= 11 is 0. The second-order valence-electron chi connectivity index (χ2n) is 7.07. The number of benzene rings is 1. The number of allylic oxidation sites excluding steroid dienone is 1. The Morgan fingerprint density at radius 1 is 1.03 bits per heavy atom. The number of rotatable bonds is 5. The summed E-state index contributed by atoms with van der Waals surface area (Å²) in [6.07, 6.45) is -18.7. The molecule has 1 N–H and O–H groups in total. The van der Waals surface area contributed by atoms with Gasteiger partial charge in [-0.1, -0.05) is 13.0 Å². The highest BCUT2D eigenvalue weighted by Crippen LogP contribution is 2.43. The normalized spacial score (nSPS) is 17.0. The van der Waals surface area contributed by atoms with E-state index in [0.29, 0.717) is 12.5 Å². The summed E-state index contributed by atoms with van der Waals surface area (Å²) in [6, 6.07) is 0.444. The lowest BCUT2D eigenvalue weighted by atomic mass is 9.99. The molecule has 0 spiro atoms. The molecule has 1 aromatic carbocycles. The second kappa shape index (κ2) is 10.2. The van der Waals surface area contributed by atoms with Gasteiger partial charge >= 0.3 is 30.6 Å². The first-order valence-corrected chi connectivity index (χ1v) is 9.87. The van der Waals surface area contributed by atoms with Crippen molar-refractivity contribution >= 4 is 17.8 Å². The number of esters is 1. The van der Waals surface area contributed by atoms with Crippen LogP contribution in [0.1, 0.15) is 49.5 Å². The standard InChI is InChI=1S/C20H18F9N3O3/c1-3-5-15(33)35-17(30)34-14-9-13(20(27,28)29)31-16(32(14)4-2)11-7-6-10(18(21,22)23)8-12(11)19(24,25)26/h6-9,16,30H,3-5H2,1-2H3. The van der Waals surface area contributed by atoms with Crippen molar-refractivity contribution in [1.82, 2.24) is 4.90 Å². The van der Waals surface area contributed by atoms with Gasteiger partial charge in [0.25, 0.3) is 0 Å².